The van der Waals surface area contributed by atoms with Crippen molar-refractivity contribution in [2.24, 2.45) is 0 Å². The van der Waals surface area contributed by atoms with E-state index in [9.17, 15) is 4.39 Å². The quantitative estimate of drug-likeness (QED) is 0.866. The van der Waals surface area contributed by atoms with Crippen LogP contribution in [0.15, 0.2) is 54.6 Å². The Morgan fingerprint density at radius 2 is 1.95 bits per heavy atom. The van der Waals surface area contributed by atoms with E-state index in [1.54, 1.807) is 0 Å². The summed E-state index contributed by atoms with van der Waals surface area (Å²) in [5.41, 5.74) is 1.99. The van der Waals surface area contributed by atoms with Crippen molar-refractivity contribution in [2.75, 3.05) is 13.7 Å². The highest BCUT2D eigenvalue weighted by atomic mass is 19.1. The number of benzene rings is 2. The predicted molar refractivity (Wildman–Crippen MR) is 80.1 cm³/mol. The molecule has 0 aromatic heterocycles. The number of halogens is 1. The Morgan fingerprint density at radius 3 is 2.70 bits per heavy atom. The molecule has 0 spiro atoms. The Kier molecular flexibility index (Phi) is 5.33. The molecule has 0 saturated heterocycles. The third-order valence-electron chi connectivity index (χ3n) is 2.77. The second kappa shape index (κ2) is 7.46. The summed E-state index contributed by atoms with van der Waals surface area (Å²) in [5, 5.41) is 2.99. The Morgan fingerprint density at radius 1 is 1.15 bits per heavy atom. The minimum atomic E-state index is -0.278. The molecule has 3 heteroatoms. The fourth-order valence-corrected chi connectivity index (χ4v) is 1.90. The van der Waals surface area contributed by atoms with E-state index in [4.69, 9.17) is 4.74 Å². The van der Waals surface area contributed by atoms with Crippen LogP contribution in [0.3, 0.4) is 0 Å². The van der Waals surface area contributed by atoms with E-state index >= 15 is 0 Å². The van der Waals surface area contributed by atoms with Gasteiger partial charge >= 0.3 is 0 Å². The molecule has 0 unspecified atom stereocenters. The average Bonchev–Trinajstić information content (AvgIpc) is 2.45. The van der Waals surface area contributed by atoms with Crippen LogP contribution in [0, 0.1) is 5.82 Å². The van der Waals surface area contributed by atoms with Crippen molar-refractivity contribution in [1.29, 1.82) is 0 Å². The summed E-state index contributed by atoms with van der Waals surface area (Å²) in [6, 6.07) is 14.7. The van der Waals surface area contributed by atoms with Crippen molar-refractivity contribution in [3.8, 4) is 5.75 Å². The molecule has 20 heavy (non-hydrogen) atoms. The second-order valence-electron chi connectivity index (χ2n) is 4.45. The molecule has 0 amide bonds. The van der Waals surface area contributed by atoms with Gasteiger partial charge in [0, 0.05) is 12.6 Å². The topological polar surface area (TPSA) is 21.3 Å². The first-order valence-electron chi connectivity index (χ1n) is 6.56. The lowest BCUT2D eigenvalue weighted by Gasteiger charge is -2.06. The van der Waals surface area contributed by atoms with Gasteiger partial charge in [-0.25, -0.2) is 4.39 Å². The number of hydrogen-bond acceptors (Lipinski definition) is 2. The zero-order valence-electron chi connectivity index (χ0n) is 11.5. The monoisotopic (exact) mass is 271 g/mol. The van der Waals surface area contributed by atoms with Gasteiger partial charge in [-0.2, -0.15) is 0 Å². The highest BCUT2D eigenvalue weighted by Crippen LogP contribution is 2.16. The van der Waals surface area contributed by atoms with E-state index < -0.39 is 0 Å². The van der Waals surface area contributed by atoms with E-state index in [1.165, 1.54) is 12.1 Å². The fraction of sp³-hybridized carbons (Fsp3) is 0.176. The lowest BCUT2D eigenvalue weighted by molar-refractivity contribution is 0.360. The van der Waals surface area contributed by atoms with Gasteiger partial charge in [-0.05, 0) is 36.4 Å². The standard InChI is InChI=1S/C17H18FNO/c1-19-13-15-10-16(18)12-17(11-15)20-9-5-8-14-6-3-2-4-7-14/h2-8,10-12,19H,9,13H2,1H3/b8-5+. The minimum Gasteiger partial charge on any atom is -0.489 e. The van der Waals surface area contributed by atoms with Crippen LogP contribution in [-0.2, 0) is 6.54 Å². The first-order chi connectivity index (χ1) is 9.78. The second-order valence-corrected chi connectivity index (χ2v) is 4.45. The van der Waals surface area contributed by atoms with Crippen LogP contribution < -0.4 is 10.1 Å². The SMILES string of the molecule is CNCc1cc(F)cc(OC/C=C/c2ccccc2)c1. The summed E-state index contributed by atoms with van der Waals surface area (Å²) in [4.78, 5) is 0. The van der Waals surface area contributed by atoms with Crippen LogP contribution in [-0.4, -0.2) is 13.7 Å². The molecule has 0 heterocycles. The van der Waals surface area contributed by atoms with Gasteiger partial charge in [0.25, 0.3) is 0 Å². The largest absolute Gasteiger partial charge is 0.489 e. The first-order valence-corrected chi connectivity index (χ1v) is 6.56. The highest BCUT2D eigenvalue weighted by molar-refractivity contribution is 5.48. The van der Waals surface area contributed by atoms with Crippen LogP contribution in [0.25, 0.3) is 6.08 Å². The minimum absolute atomic E-state index is 0.278. The number of ether oxygens (including phenoxy) is 1. The van der Waals surface area contributed by atoms with Gasteiger partial charge in [0.1, 0.15) is 18.2 Å². The molecule has 0 aliphatic rings. The molecule has 2 aromatic carbocycles. The summed E-state index contributed by atoms with van der Waals surface area (Å²) in [5.74, 6) is 0.271. The van der Waals surface area contributed by atoms with E-state index in [1.807, 2.05) is 55.6 Å². The third kappa shape index (κ3) is 4.52. The summed E-state index contributed by atoms with van der Waals surface area (Å²) in [7, 11) is 1.83. The molecule has 0 radical (unpaired) electrons. The summed E-state index contributed by atoms with van der Waals surface area (Å²) in [6.07, 6.45) is 3.89. The van der Waals surface area contributed by atoms with Gasteiger partial charge in [0.15, 0.2) is 0 Å². The Bertz CT molecular complexity index is 566. The highest BCUT2D eigenvalue weighted by Gasteiger charge is 2.00. The van der Waals surface area contributed by atoms with Gasteiger partial charge in [-0.3, -0.25) is 0 Å². The summed E-state index contributed by atoms with van der Waals surface area (Å²) in [6.45, 7) is 1.03. The van der Waals surface area contributed by atoms with Crippen LogP contribution in [0.1, 0.15) is 11.1 Å². The molecule has 104 valence electrons. The molecular formula is C17H18FNO. The first kappa shape index (κ1) is 14.3. The van der Waals surface area contributed by atoms with Crippen LogP contribution in [0.5, 0.6) is 5.75 Å². The molecule has 0 aliphatic carbocycles. The van der Waals surface area contributed by atoms with Crippen LogP contribution >= 0.6 is 0 Å². The van der Waals surface area contributed by atoms with E-state index in [0.29, 0.717) is 18.9 Å². The Labute approximate surface area is 118 Å². The normalized spacial score (nSPS) is 10.9. The maximum atomic E-state index is 13.4. The van der Waals surface area contributed by atoms with E-state index in [-0.39, 0.29) is 5.82 Å². The maximum Gasteiger partial charge on any atom is 0.127 e. The number of nitrogens with one attached hydrogen (secondary N) is 1. The zero-order chi connectivity index (χ0) is 14.2. The number of hydrogen-bond donors (Lipinski definition) is 1. The Balaban J connectivity index is 1.92. The predicted octanol–water partition coefficient (Wildman–Crippen LogP) is 3.64. The smallest absolute Gasteiger partial charge is 0.127 e. The average molecular weight is 271 g/mol. The molecule has 2 rings (SSSR count). The summed E-state index contributed by atoms with van der Waals surface area (Å²) < 4.78 is 18.9. The van der Waals surface area contributed by atoms with Crippen molar-refractivity contribution < 1.29 is 9.13 Å². The maximum absolute atomic E-state index is 13.4. The van der Waals surface area contributed by atoms with Gasteiger partial charge in [0.2, 0.25) is 0 Å². The molecule has 1 N–H and O–H groups in total. The van der Waals surface area contributed by atoms with Crippen molar-refractivity contribution in [2.45, 2.75) is 6.54 Å². The van der Waals surface area contributed by atoms with Gasteiger partial charge < -0.3 is 10.1 Å². The molecule has 2 nitrogen and oxygen atoms in total. The lowest BCUT2D eigenvalue weighted by Crippen LogP contribution is -2.05. The van der Waals surface area contributed by atoms with Crippen molar-refractivity contribution in [3.05, 3.63) is 71.6 Å². The molecule has 0 bridgehead atoms. The van der Waals surface area contributed by atoms with Gasteiger partial charge in [-0.15, -0.1) is 0 Å². The van der Waals surface area contributed by atoms with Crippen LogP contribution in [0.2, 0.25) is 0 Å². The zero-order valence-corrected chi connectivity index (χ0v) is 11.5. The molecule has 0 saturated carbocycles. The lowest BCUT2D eigenvalue weighted by atomic mass is 10.2. The Hall–Kier alpha value is -2.13. The van der Waals surface area contributed by atoms with Crippen molar-refractivity contribution in [1.82, 2.24) is 5.32 Å². The summed E-state index contributed by atoms with van der Waals surface area (Å²) >= 11 is 0. The third-order valence-corrected chi connectivity index (χ3v) is 2.77. The fourth-order valence-electron chi connectivity index (χ4n) is 1.90. The molecule has 0 fully saturated rings. The molecular weight excluding hydrogens is 253 g/mol. The van der Waals surface area contributed by atoms with Crippen molar-refractivity contribution in [3.63, 3.8) is 0 Å². The van der Waals surface area contributed by atoms with E-state index in [2.05, 4.69) is 5.32 Å². The molecule has 0 aliphatic heterocycles. The van der Waals surface area contributed by atoms with Crippen LogP contribution in [0.4, 0.5) is 4.39 Å². The van der Waals surface area contributed by atoms with Gasteiger partial charge in [-0.1, -0.05) is 36.4 Å². The molecule has 0 atom stereocenters. The number of rotatable bonds is 6. The molecule has 2 aromatic rings. The van der Waals surface area contributed by atoms with E-state index in [0.717, 1.165) is 11.1 Å². The van der Waals surface area contributed by atoms with Gasteiger partial charge in [0.05, 0.1) is 0 Å². The van der Waals surface area contributed by atoms with Crippen molar-refractivity contribution >= 4 is 6.08 Å².